The van der Waals surface area contributed by atoms with Crippen molar-refractivity contribution in [2.24, 2.45) is 7.05 Å². The van der Waals surface area contributed by atoms with Crippen LogP contribution in [0.15, 0.2) is 18.2 Å². The Kier molecular flexibility index (Phi) is 4.08. The van der Waals surface area contributed by atoms with Crippen molar-refractivity contribution < 1.29 is 9.90 Å². The van der Waals surface area contributed by atoms with E-state index in [1.54, 1.807) is 32.2 Å². The zero-order chi connectivity index (χ0) is 14.5. The molecule has 1 aromatic heterocycles. The van der Waals surface area contributed by atoms with Crippen molar-refractivity contribution in [1.82, 2.24) is 20.2 Å². The molecule has 7 nitrogen and oxygen atoms in total. The Morgan fingerprint density at radius 3 is 2.95 bits per heavy atom. The lowest BCUT2D eigenvalue weighted by atomic mass is 10.0. The number of carbonyl (C=O) groups is 1. The van der Waals surface area contributed by atoms with Crippen molar-refractivity contribution in [3.63, 3.8) is 0 Å². The second kappa shape index (κ2) is 5.95. The third-order valence-corrected chi connectivity index (χ3v) is 2.61. The third-order valence-electron chi connectivity index (χ3n) is 2.61. The van der Waals surface area contributed by atoms with Gasteiger partial charge in [0.25, 0.3) is 11.9 Å². The van der Waals surface area contributed by atoms with Gasteiger partial charge in [0.1, 0.15) is 6.61 Å². The number of nitrogens with zero attached hydrogens (tertiary/aromatic N) is 4. The van der Waals surface area contributed by atoms with Gasteiger partial charge in [-0.3, -0.25) is 10.1 Å². The third kappa shape index (κ3) is 2.99. The Morgan fingerprint density at radius 2 is 2.30 bits per heavy atom. The van der Waals surface area contributed by atoms with Gasteiger partial charge in [0.15, 0.2) is 0 Å². The number of carbonyl (C=O) groups excluding carboxylic acids is 1. The van der Waals surface area contributed by atoms with Gasteiger partial charge in [0.2, 0.25) is 0 Å². The number of aromatic nitrogens is 4. The molecule has 2 rings (SSSR count). The molecule has 0 aliphatic heterocycles. The van der Waals surface area contributed by atoms with Crippen LogP contribution in [0.3, 0.4) is 0 Å². The summed E-state index contributed by atoms with van der Waals surface area (Å²) in [6.07, 6.45) is 0. The van der Waals surface area contributed by atoms with E-state index >= 15 is 0 Å². The second-order valence-corrected chi connectivity index (χ2v) is 3.99. The second-order valence-electron chi connectivity index (χ2n) is 3.99. The van der Waals surface area contributed by atoms with Gasteiger partial charge in [-0.25, -0.2) is 0 Å². The highest BCUT2D eigenvalue weighted by Gasteiger charge is 2.13. The molecule has 2 N–H and O–H groups in total. The summed E-state index contributed by atoms with van der Waals surface area (Å²) in [6, 6.07) is 5.20. The highest BCUT2D eigenvalue weighted by molar-refractivity contribution is 6.04. The number of anilines is 1. The number of benzene rings is 1. The molecule has 0 bridgehead atoms. The van der Waals surface area contributed by atoms with Crippen molar-refractivity contribution >= 4 is 11.9 Å². The lowest BCUT2D eigenvalue weighted by molar-refractivity contribution is 0.102. The van der Waals surface area contributed by atoms with E-state index in [-0.39, 0.29) is 18.5 Å². The van der Waals surface area contributed by atoms with E-state index in [1.165, 1.54) is 4.80 Å². The number of aliphatic hydroxyl groups is 1. The Morgan fingerprint density at radius 1 is 1.50 bits per heavy atom. The van der Waals surface area contributed by atoms with Gasteiger partial charge < -0.3 is 5.11 Å². The van der Waals surface area contributed by atoms with Crippen molar-refractivity contribution in [3.05, 3.63) is 34.9 Å². The number of amides is 1. The van der Waals surface area contributed by atoms with E-state index in [0.29, 0.717) is 11.1 Å². The summed E-state index contributed by atoms with van der Waals surface area (Å²) in [5.74, 6) is 5.17. The molecule has 102 valence electrons. The highest BCUT2D eigenvalue weighted by atomic mass is 16.2. The first-order valence-corrected chi connectivity index (χ1v) is 5.86. The molecule has 20 heavy (non-hydrogen) atoms. The summed E-state index contributed by atoms with van der Waals surface area (Å²) in [4.78, 5) is 13.4. The molecule has 1 amide bonds. The van der Waals surface area contributed by atoms with Crippen molar-refractivity contribution in [1.29, 1.82) is 0 Å². The quantitative estimate of drug-likeness (QED) is 0.756. The number of nitrogens with one attached hydrogen (secondary N) is 1. The molecule has 0 atom stereocenters. The van der Waals surface area contributed by atoms with Gasteiger partial charge >= 0.3 is 0 Å². The largest absolute Gasteiger partial charge is 0.384 e. The predicted molar refractivity (Wildman–Crippen MR) is 71.9 cm³/mol. The van der Waals surface area contributed by atoms with Crippen LogP contribution in [0.2, 0.25) is 0 Å². The molecule has 0 aliphatic carbocycles. The lowest BCUT2D eigenvalue weighted by Crippen LogP contribution is -2.15. The van der Waals surface area contributed by atoms with Crippen LogP contribution in [-0.4, -0.2) is 37.8 Å². The summed E-state index contributed by atoms with van der Waals surface area (Å²) in [5, 5.41) is 22.5. The van der Waals surface area contributed by atoms with E-state index in [4.69, 9.17) is 5.11 Å². The van der Waals surface area contributed by atoms with E-state index in [9.17, 15) is 4.79 Å². The molecule has 0 spiro atoms. The van der Waals surface area contributed by atoms with Crippen LogP contribution in [0.5, 0.6) is 0 Å². The van der Waals surface area contributed by atoms with Gasteiger partial charge in [0.05, 0.1) is 7.05 Å². The van der Waals surface area contributed by atoms with Gasteiger partial charge in [-0.05, 0) is 29.8 Å². The van der Waals surface area contributed by atoms with Gasteiger partial charge in [0, 0.05) is 11.1 Å². The van der Waals surface area contributed by atoms with E-state index < -0.39 is 0 Å². The molecule has 1 heterocycles. The van der Waals surface area contributed by atoms with Gasteiger partial charge in [-0.1, -0.05) is 23.0 Å². The molecule has 0 radical (unpaired) electrons. The lowest BCUT2D eigenvalue weighted by Gasteiger charge is -2.06. The van der Waals surface area contributed by atoms with Crippen molar-refractivity contribution in [2.75, 3.05) is 11.9 Å². The molecule has 0 saturated heterocycles. The zero-order valence-corrected chi connectivity index (χ0v) is 11.1. The van der Waals surface area contributed by atoms with E-state index in [0.717, 1.165) is 5.56 Å². The van der Waals surface area contributed by atoms with Gasteiger partial charge in [-0.2, -0.15) is 4.80 Å². The van der Waals surface area contributed by atoms with Crippen LogP contribution in [0, 0.1) is 18.8 Å². The van der Waals surface area contributed by atoms with Crippen LogP contribution in [0.25, 0.3) is 0 Å². The Balaban J connectivity index is 2.26. The summed E-state index contributed by atoms with van der Waals surface area (Å²) in [6.45, 7) is 1.57. The highest BCUT2D eigenvalue weighted by Crippen LogP contribution is 2.14. The van der Waals surface area contributed by atoms with Crippen LogP contribution >= 0.6 is 0 Å². The molecule has 2 aromatic rings. The maximum atomic E-state index is 12.1. The maximum Gasteiger partial charge on any atom is 0.270 e. The van der Waals surface area contributed by atoms with E-state index in [2.05, 4.69) is 32.6 Å². The molecular weight excluding hydrogens is 258 g/mol. The van der Waals surface area contributed by atoms with Crippen LogP contribution < -0.4 is 5.32 Å². The SMILES string of the molecule is Cc1c(C#CCO)cccc1C(=O)Nc1nnn(C)n1. The fraction of sp³-hybridized carbons (Fsp3) is 0.231. The predicted octanol–water partition coefficient (Wildman–Crippen LogP) is 0.115. The fourth-order valence-electron chi connectivity index (χ4n) is 1.65. The smallest absolute Gasteiger partial charge is 0.270 e. The summed E-state index contributed by atoms with van der Waals surface area (Å²) in [7, 11) is 1.61. The van der Waals surface area contributed by atoms with Crippen LogP contribution in [0.4, 0.5) is 5.95 Å². The summed E-state index contributed by atoms with van der Waals surface area (Å²) >= 11 is 0. The monoisotopic (exact) mass is 271 g/mol. The molecule has 0 unspecified atom stereocenters. The average molecular weight is 271 g/mol. The van der Waals surface area contributed by atoms with E-state index in [1.807, 2.05) is 0 Å². The number of hydrogen-bond donors (Lipinski definition) is 2. The number of hydrogen-bond acceptors (Lipinski definition) is 5. The first kappa shape index (κ1) is 13.7. The Hall–Kier alpha value is -2.72. The fourth-order valence-corrected chi connectivity index (χ4v) is 1.65. The molecule has 1 aromatic carbocycles. The summed E-state index contributed by atoms with van der Waals surface area (Å²) < 4.78 is 0. The molecule has 7 heteroatoms. The topological polar surface area (TPSA) is 92.9 Å². The number of aryl methyl sites for hydroxylation is 1. The minimum atomic E-state index is -0.330. The average Bonchev–Trinajstić information content (AvgIpc) is 2.83. The van der Waals surface area contributed by atoms with Crippen LogP contribution in [-0.2, 0) is 7.05 Å². The van der Waals surface area contributed by atoms with Crippen molar-refractivity contribution in [3.8, 4) is 11.8 Å². The number of tetrazole rings is 1. The Labute approximate surface area is 115 Å². The van der Waals surface area contributed by atoms with Crippen molar-refractivity contribution in [2.45, 2.75) is 6.92 Å². The minimum absolute atomic E-state index is 0.142. The molecular formula is C13H13N5O2. The normalized spacial score (nSPS) is 9.75. The molecule has 0 aliphatic rings. The zero-order valence-electron chi connectivity index (χ0n) is 11.1. The minimum Gasteiger partial charge on any atom is -0.384 e. The number of aliphatic hydroxyl groups excluding tert-OH is 1. The maximum absolute atomic E-state index is 12.1. The summed E-state index contributed by atoms with van der Waals surface area (Å²) in [5.41, 5.74) is 1.90. The Bertz CT molecular complexity index is 696. The molecule has 0 fully saturated rings. The first-order valence-electron chi connectivity index (χ1n) is 5.86. The standard InChI is InChI=1S/C13H13N5O2/c1-9-10(6-4-8-19)5-3-7-11(9)12(20)14-13-15-17-18(2)16-13/h3,5,7,19H,8H2,1-2H3,(H,14,16,20). The number of rotatable bonds is 2. The van der Waals surface area contributed by atoms with Crippen LogP contribution in [0.1, 0.15) is 21.5 Å². The molecule has 0 saturated carbocycles. The van der Waals surface area contributed by atoms with Gasteiger partial charge in [-0.15, -0.1) is 5.10 Å². The first-order chi connectivity index (χ1) is 9.61.